The predicted molar refractivity (Wildman–Crippen MR) is 95.2 cm³/mol. The highest BCUT2D eigenvalue weighted by atomic mass is 35.5. The number of rotatable bonds is 3. The number of aromatic nitrogens is 1. The van der Waals surface area contributed by atoms with E-state index in [2.05, 4.69) is 0 Å². The van der Waals surface area contributed by atoms with Crippen molar-refractivity contribution in [3.63, 3.8) is 0 Å². The van der Waals surface area contributed by atoms with Crippen LogP contribution < -0.4 is 0 Å². The van der Waals surface area contributed by atoms with Gasteiger partial charge in [-0.3, -0.25) is 4.79 Å². The summed E-state index contributed by atoms with van der Waals surface area (Å²) in [5.41, 5.74) is 2.55. The number of halogens is 2. The standard InChI is InChI=1S/C18H16Cl2N2O/c1-21-11-14(13-7-3-4-9-16(13)21)18(23)22(2)10-12-6-5-8-15(19)17(12)20/h3-9,11H,10H2,1-2H3. The van der Waals surface area contributed by atoms with E-state index in [9.17, 15) is 4.79 Å². The largest absolute Gasteiger partial charge is 0.350 e. The number of aryl methyl sites for hydroxylation is 1. The van der Waals surface area contributed by atoms with Crippen molar-refractivity contribution in [1.82, 2.24) is 9.47 Å². The molecule has 0 saturated carbocycles. The fourth-order valence-corrected chi connectivity index (χ4v) is 3.10. The molecule has 3 rings (SSSR count). The van der Waals surface area contributed by atoms with Crippen LogP contribution in [-0.2, 0) is 13.6 Å². The number of benzene rings is 2. The van der Waals surface area contributed by atoms with E-state index in [1.807, 2.05) is 54.2 Å². The molecular formula is C18H16Cl2N2O. The predicted octanol–water partition coefficient (Wildman–Crippen LogP) is 4.76. The van der Waals surface area contributed by atoms with Crippen molar-refractivity contribution in [2.24, 2.45) is 7.05 Å². The summed E-state index contributed by atoms with van der Waals surface area (Å²) >= 11 is 12.2. The second kappa shape index (κ2) is 6.26. The lowest BCUT2D eigenvalue weighted by molar-refractivity contribution is 0.0787. The molecule has 0 atom stereocenters. The third-order valence-electron chi connectivity index (χ3n) is 3.91. The summed E-state index contributed by atoms with van der Waals surface area (Å²) in [6, 6.07) is 13.3. The average molecular weight is 347 g/mol. The number of amides is 1. The molecule has 0 unspecified atom stereocenters. The van der Waals surface area contributed by atoms with E-state index in [0.717, 1.165) is 16.5 Å². The van der Waals surface area contributed by atoms with Crippen LogP contribution >= 0.6 is 23.2 Å². The van der Waals surface area contributed by atoms with Gasteiger partial charge in [-0.15, -0.1) is 0 Å². The SMILES string of the molecule is CN(Cc1cccc(Cl)c1Cl)C(=O)c1cn(C)c2ccccc12. The maximum absolute atomic E-state index is 12.8. The Morgan fingerprint density at radius 3 is 2.65 bits per heavy atom. The average Bonchev–Trinajstić information content (AvgIpc) is 2.88. The second-order valence-corrected chi connectivity index (χ2v) is 6.33. The van der Waals surface area contributed by atoms with Gasteiger partial charge in [0.1, 0.15) is 0 Å². The molecule has 0 radical (unpaired) electrons. The smallest absolute Gasteiger partial charge is 0.256 e. The highest BCUT2D eigenvalue weighted by molar-refractivity contribution is 6.42. The van der Waals surface area contributed by atoms with Crippen LogP contribution in [0.3, 0.4) is 0 Å². The second-order valence-electron chi connectivity index (χ2n) is 5.54. The van der Waals surface area contributed by atoms with Gasteiger partial charge in [-0.2, -0.15) is 0 Å². The van der Waals surface area contributed by atoms with Gasteiger partial charge < -0.3 is 9.47 Å². The van der Waals surface area contributed by atoms with Crippen molar-refractivity contribution in [2.75, 3.05) is 7.05 Å². The highest BCUT2D eigenvalue weighted by Crippen LogP contribution is 2.27. The van der Waals surface area contributed by atoms with Crippen LogP contribution in [0, 0.1) is 0 Å². The molecule has 5 heteroatoms. The number of hydrogen-bond acceptors (Lipinski definition) is 1. The van der Waals surface area contributed by atoms with Gasteiger partial charge in [-0.05, 0) is 17.7 Å². The van der Waals surface area contributed by atoms with Gasteiger partial charge in [0.25, 0.3) is 5.91 Å². The Balaban J connectivity index is 1.91. The van der Waals surface area contributed by atoms with E-state index in [1.165, 1.54) is 0 Å². The molecule has 1 amide bonds. The summed E-state index contributed by atoms with van der Waals surface area (Å²) in [6.07, 6.45) is 1.86. The van der Waals surface area contributed by atoms with Crippen molar-refractivity contribution in [2.45, 2.75) is 6.54 Å². The molecule has 0 aliphatic heterocycles. The molecule has 0 aliphatic rings. The first kappa shape index (κ1) is 15.9. The number of carbonyl (C=O) groups excluding carboxylic acids is 1. The molecule has 2 aromatic carbocycles. The maximum atomic E-state index is 12.8. The molecule has 0 saturated heterocycles. The monoisotopic (exact) mass is 346 g/mol. The Labute approximate surface area is 145 Å². The lowest BCUT2D eigenvalue weighted by Gasteiger charge is -2.18. The summed E-state index contributed by atoms with van der Waals surface area (Å²) in [6.45, 7) is 0.404. The Hall–Kier alpha value is -1.97. The van der Waals surface area contributed by atoms with Gasteiger partial charge in [0, 0.05) is 37.7 Å². The maximum Gasteiger partial charge on any atom is 0.256 e. The fraction of sp³-hybridized carbons (Fsp3) is 0.167. The fourth-order valence-electron chi connectivity index (χ4n) is 2.72. The van der Waals surface area contributed by atoms with E-state index in [4.69, 9.17) is 23.2 Å². The quantitative estimate of drug-likeness (QED) is 0.671. The molecule has 1 aromatic heterocycles. The van der Waals surface area contributed by atoms with E-state index in [1.54, 1.807) is 18.0 Å². The highest BCUT2D eigenvalue weighted by Gasteiger charge is 2.18. The van der Waals surface area contributed by atoms with Gasteiger partial charge >= 0.3 is 0 Å². The van der Waals surface area contributed by atoms with E-state index in [-0.39, 0.29) is 5.91 Å². The molecule has 0 bridgehead atoms. The third kappa shape index (κ3) is 2.94. The minimum absolute atomic E-state index is 0.0437. The van der Waals surface area contributed by atoms with Crippen molar-refractivity contribution in [3.8, 4) is 0 Å². The van der Waals surface area contributed by atoms with Crippen LogP contribution in [0.5, 0.6) is 0 Å². The molecule has 3 aromatic rings. The normalized spacial score (nSPS) is 11.0. The Bertz CT molecular complexity index is 886. The van der Waals surface area contributed by atoms with Crippen LogP contribution in [0.4, 0.5) is 0 Å². The Morgan fingerprint density at radius 2 is 1.87 bits per heavy atom. The molecule has 1 heterocycles. The summed E-state index contributed by atoms with van der Waals surface area (Å²) in [5, 5.41) is 1.94. The van der Waals surface area contributed by atoms with Crippen LogP contribution in [0.15, 0.2) is 48.7 Å². The molecule has 0 fully saturated rings. The lowest BCUT2D eigenvalue weighted by Crippen LogP contribution is -2.26. The Kier molecular flexibility index (Phi) is 4.33. The molecule has 3 nitrogen and oxygen atoms in total. The number of carbonyl (C=O) groups is 1. The summed E-state index contributed by atoms with van der Waals surface area (Å²) in [7, 11) is 3.70. The van der Waals surface area contributed by atoms with Gasteiger partial charge in [0.2, 0.25) is 0 Å². The molecule has 0 spiro atoms. The Morgan fingerprint density at radius 1 is 1.13 bits per heavy atom. The van der Waals surface area contributed by atoms with Crippen molar-refractivity contribution < 1.29 is 4.79 Å². The van der Waals surface area contributed by atoms with E-state index in [0.29, 0.717) is 22.2 Å². The first-order chi connectivity index (χ1) is 11.0. The van der Waals surface area contributed by atoms with Crippen LogP contribution in [-0.4, -0.2) is 22.4 Å². The third-order valence-corrected chi connectivity index (χ3v) is 4.77. The first-order valence-corrected chi connectivity index (χ1v) is 7.97. The zero-order chi connectivity index (χ0) is 16.6. The van der Waals surface area contributed by atoms with Gasteiger partial charge in [0.05, 0.1) is 15.6 Å². The molecule has 23 heavy (non-hydrogen) atoms. The number of fused-ring (bicyclic) bond motifs is 1. The molecule has 0 aliphatic carbocycles. The summed E-state index contributed by atoms with van der Waals surface area (Å²) in [5.74, 6) is -0.0437. The van der Waals surface area contributed by atoms with Crippen molar-refractivity contribution in [3.05, 3.63) is 69.8 Å². The van der Waals surface area contributed by atoms with E-state index >= 15 is 0 Å². The van der Waals surface area contributed by atoms with Crippen LogP contribution in [0.25, 0.3) is 10.9 Å². The van der Waals surface area contributed by atoms with Gasteiger partial charge in [-0.25, -0.2) is 0 Å². The zero-order valence-corrected chi connectivity index (χ0v) is 14.4. The van der Waals surface area contributed by atoms with Crippen LogP contribution in [0.2, 0.25) is 10.0 Å². The van der Waals surface area contributed by atoms with Gasteiger partial charge in [-0.1, -0.05) is 53.5 Å². The molecular weight excluding hydrogens is 331 g/mol. The number of para-hydroxylation sites is 1. The molecule has 118 valence electrons. The first-order valence-electron chi connectivity index (χ1n) is 7.21. The summed E-state index contributed by atoms with van der Waals surface area (Å²) < 4.78 is 1.96. The molecule has 0 N–H and O–H groups in total. The minimum Gasteiger partial charge on any atom is -0.350 e. The van der Waals surface area contributed by atoms with Crippen molar-refractivity contribution >= 4 is 40.0 Å². The lowest BCUT2D eigenvalue weighted by atomic mass is 10.1. The minimum atomic E-state index is -0.0437. The summed E-state index contributed by atoms with van der Waals surface area (Å²) in [4.78, 5) is 14.5. The zero-order valence-electron chi connectivity index (χ0n) is 12.9. The number of nitrogens with zero attached hydrogens (tertiary/aromatic N) is 2. The topological polar surface area (TPSA) is 25.2 Å². The van der Waals surface area contributed by atoms with Gasteiger partial charge in [0.15, 0.2) is 0 Å². The van der Waals surface area contributed by atoms with Crippen molar-refractivity contribution in [1.29, 1.82) is 0 Å². The van der Waals surface area contributed by atoms with E-state index < -0.39 is 0 Å². The number of hydrogen-bond donors (Lipinski definition) is 0. The van der Waals surface area contributed by atoms with Crippen LogP contribution in [0.1, 0.15) is 15.9 Å².